The van der Waals surface area contributed by atoms with Gasteiger partial charge in [-0.2, -0.15) is 0 Å². The van der Waals surface area contributed by atoms with Crippen molar-refractivity contribution < 1.29 is 14.4 Å². The molecule has 3 N–H and O–H groups in total. The van der Waals surface area contributed by atoms with E-state index < -0.39 is 11.8 Å². The molecule has 0 aliphatic carbocycles. The number of carbonyl (C=O) groups is 3. The molecule has 1 saturated heterocycles. The number of hydrogen-bond acceptors (Lipinski definition) is 5. The summed E-state index contributed by atoms with van der Waals surface area (Å²) in [6, 6.07) is 3.44. The molecule has 0 saturated carbocycles. The largest absolute Gasteiger partial charge is 0.330 e. The number of carbonyl (C=O) groups excluding carboxylic acids is 3. The first kappa shape index (κ1) is 15.5. The van der Waals surface area contributed by atoms with Gasteiger partial charge in [-0.05, 0) is 26.0 Å². The van der Waals surface area contributed by atoms with E-state index in [0.29, 0.717) is 24.5 Å². The van der Waals surface area contributed by atoms with Gasteiger partial charge >= 0.3 is 11.8 Å². The van der Waals surface area contributed by atoms with Crippen LogP contribution in [-0.4, -0.2) is 46.7 Å². The van der Waals surface area contributed by atoms with E-state index in [-0.39, 0.29) is 11.9 Å². The van der Waals surface area contributed by atoms with E-state index in [9.17, 15) is 14.4 Å². The molecule has 0 bridgehead atoms. The molecule has 0 spiro atoms. The zero-order valence-electron chi connectivity index (χ0n) is 12.0. The van der Waals surface area contributed by atoms with Crippen molar-refractivity contribution in [3.05, 3.63) is 21.9 Å². The Morgan fingerprint density at radius 1 is 1.33 bits per heavy atom. The van der Waals surface area contributed by atoms with Gasteiger partial charge in [0.1, 0.15) is 0 Å². The third-order valence-corrected chi connectivity index (χ3v) is 4.40. The van der Waals surface area contributed by atoms with E-state index in [4.69, 9.17) is 5.84 Å². The lowest BCUT2D eigenvalue weighted by atomic mass is 10.2. The number of nitrogens with two attached hydrogens (primary N) is 1. The minimum Gasteiger partial charge on any atom is -0.330 e. The molecular formula is C13H18N4O3S. The second-order valence-corrected chi connectivity index (χ2v) is 6.23. The number of nitrogen functional groups attached to an aromatic ring is 1. The van der Waals surface area contributed by atoms with Crippen molar-refractivity contribution in [2.45, 2.75) is 26.4 Å². The van der Waals surface area contributed by atoms with Gasteiger partial charge < -0.3 is 9.80 Å². The number of hydrogen-bond donors (Lipinski definition) is 2. The molecule has 0 radical (unpaired) electrons. The molecule has 0 aromatic carbocycles. The number of thiophene rings is 1. The Balaban J connectivity index is 2.04. The SMILES string of the molecule is CC(C)N1CCN(Cc2ccc(C(=O)NN)s2)C(=O)C1=O. The van der Waals surface area contributed by atoms with Crippen LogP contribution >= 0.6 is 11.3 Å². The molecule has 2 rings (SSSR count). The van der Waals surface area contributed by atoms with Crippen LogP contribution < -0.4 is 11.3 Å². The normalized spacial score (nSPS) is 15.8. The smallest absolute Gasteiger partial charge is 0.312 e. The summed E-state index contributed by atoms with van der Waals surface area (Å²) in [5.41, 5.74) is 2.06. The molecule has 1 aromatic heterocycles. The van der Waals surface area contributed by atoms with E-state index >= 15 is 0 Å². The molecule has 114 valence electrons. The predicted molar refractivity (Wildman–Crippen MR) is 78.2 cm³/mol. The first-order valence-electron chi connectivity index (χ1n) is 6.63. The topological polar surface area (TPSA) is 95.7 Å². The summed E-state index contributed by atoms with van der Waals surface area (Å²) >= 11 is 1.26. The fourth-order valence-corrected chi connectivity index (χ4v) is 3.10. The Morgan fingerprint density at radius 3 is 2.67 bits per heavy atom. The van der Waals surface area contributed by atoms with E-state index in [2.05, 4.69) is 5.43 Å². The van der Waals surface area contributed by atoms with Gasteiger partial charge in [-0.25, -0.2) is 5.84 Å². The Kier molecular flexibility index (Phi) is 4.59. The van der Waals surface area contributed by atoms with E-state index in [1.807, 2.05) is 13.8 Å². The summed E-state index contributed by atoms with van der Waals surface area (Å²) in [6.07, 6.45) is 0. The average molecular weight is 310 g/mol. The van der Waals surface area contributed by atoms with Crippen LogP contribution in [0.3, 0.4) is 0 Å². The van der Waals surface area contributed by atoms with Gasteiger partial charge in [-0.15, -0.1) is 11.3 Å². The van der Waals surface area contributed by atoms with Crippen molar-refractivity contribution in [3.63, 3.8) is 0 Å². The molecule has 1 aromatic rings. The van der Waals surface area contributed by atoms with Crippen LogP contribution in [-0.2, 0) is 16.1 Å². The van der Waals surface area contributed by atoms with Crippen molar-refractivity contribution in [1.82, 2.24) is 15.2 Å². The van der Waals surface area contributed by atoms with Crippen LogP contribution in [0.25, 0.3) is 0 Å². The summed E-state index contributed by atoms with van der Waals surface area (Å²) in [5.74, 6) is 3.75. The summed E-state index contributed by atoms with van der Waals surface area (Å²) < 4.78 is 0. The van der Waals surface area contributed by atoms with Crippen LogP contribution in [0.15, 0.2) is 12.1 Å². The van der Waals surface area contributed by atoms with Crippen molar-refractivity contribution in [3.8, 4) is 0 Å². The highest BCUT2D eigenvalue weighted by Crippen LogP contribution is 2.20. The van der Waals surface area contributed by atoms with Gasteiger partial charge in [-0.1, -0.05) is 0 Å². The zero-order chi connectivity index (χ0) is 15.6. The lowest BCUT2D eigenvalue weighted by Gasteiger charge is -2.35. The summed E-state index contributed by atoms with van der Waals surface area (Å²) in [7, 11) is 0. The van der Waals surface area contributed by atoms with Crippen molar-refractivity contribution >= 4 is 29.1 Å². The van der Waals surface area contributed by atoms with Crippen LogP contribution in [0.4, 0.5) is 0 Å². The molecule has 1 fully saturated rings. The van der Waals surface area contributed by atoms with Crippen molar-refractivity contribution in [2.75, 3.05) is 13.1 Å². The maximum atomic E-state index is 12.1. The standard InChI is InChI=1S/C13H18N4O3S/c1-8(2)17-6-5-16(12(19)13(17)20)7-9-3-4-10(21-9)11(18)15-14/h3-4,8H,5-7,14H2,1-2H3,(H,15,18). The van der Waals surface area contributed by atoms with Gasteiger partial charge in [0, 0.05) is 24.0 Å². The second kappa shape index (κ2) is 6.23. The van der Waals surface area contributed by atoms with Crippen LogP contribution in [0, 0.1) is 0 Å². The van der Waals surface area contributed by atoms with Crippen LogP contribution in [0.2, 0.25) is 0 Å². The van der Waals surface area contributed by atoms with Crippen molar-refractivity contribution in [2.24, 2.45) is 5.84 Å². The zero-order valence-corrected chi connectivity index (χ0v) is 12.8. The van der Waals surface area contributed by atoms with Gasteiger partial charge in [0.25, 0.3) is 5.91 Å². The molecule has 7 nitrogen and oxygen atoms in total. The lowest BCUT2D eigenvalue weighted by molar-refractivity contribution is -0.157. The maximum Gasteiger partial charge on any atom is 0.312 e. The number of nitrogens with one attached hydrogen (secondary N) is 1. The quantitative estimate of drug-likeness (QED) is 0.352. The van der Waals surface area contributed by atoms with Gasteiger partial charge in [0.05, 0.1) is 11.4 Å². The molecule has 2 heterocycles. The number of hydrazine groups is 1. The first-order chi connectivity index (χ1) is 9.93. The van der Waals surface area contributed by atoms with E-state index in [1.165, 1.54) is 16.2 Å². The van der Waals surface area contributed by atoms with E-state index in [0.717, 1.165) is 4.88 Å². The first-order valence-corrected chi connectivity index (χ1v) is 7.45. The molecule has 8 heteroatoms. The fraction of sp³-hybridized carbons (Fsp3) is 0.462. The molecule has 3 amide bonds. The number of amides is 3. The molecule has 1 aliphatic heterocycles. The highest BCUT2D eigenvalue weighted by molar-refractivity contribution is 7.14. The number of piperazine rings is 1. The maximum absolute atomic E-state index is 12.1. The monoisotopic (exact) mass is 310 g/mol. The Hall–Kier alpha value is -1.93. The molecule has 1 aliphatic rings. The summed E-state index contributed by atoms with van der Waals surface area (Å²) in [6.45, 7) is 5.14. The number of rotatable bonds is 4. The Labute approximate surface area is 126 Å². The van der Waals surface area contributed by atoms with Crippen LogP contribution in [0.5, 0.6) is 0 Å². The van der Waals surface area contributed by atoms with Gasteiger partial charge in [-0.3, -0.25) is 19.8 Å². The van der Waals surface area contributed by atoms with E-state index in [1.54, 1.807) is 17.0 Å². The molecule has 0 atom stereocenters. The second-order valence-electron chi connectivity index (χ2n) is 5.06. The number of nitrogens with zero attached hydrogens (tertiary/aromatic N) is 2. The Bertz CT molecular complexity index is 570. The molecular weight excluding hydrogens is 292 g/mol. The third kappa shape index (κ3) is 3.22. The molecule has 0 unspecified atom stereocenters. The summed E-state index contributed by atoms with van der Waals surface area (Å²) in [5, 5.41) is 0. The minimum absolute atomic E-state index is 0.0187. The fourth-order valence-electron chi connectivity index (χ4n) is 2.18. The highest BCUT2D eigenvalue weighted by Gasteiger charge is 2.33. The van der Waals surface area contributed by atoms with Gasteiger partial charge in [0.2, 0.25) is 0 Å². The predicted octanol–water partition coefficient (Wildman–Crippen LogP) is -0.0692. The van der Waals surface area contributed by atoms with Gasteiger partial charge in [0.15, 0.2) is 0 Å². The minimum atomic E-state index is -0.492. The summed E-state index contributed by atoms with van der Waals surface area (Å²) in [4.78, 5) is 39.9. The van der Waals surface area contributed by atoms with Crippen molar-refractivity contribution in [1.29, 1.82) is 0 Å². The lowest BCUT2D eigenvalue weighted by Crippen LogP contribution is -2.55. The highest BCUT2D eigenvalue weighted by atomic mass is 32.1. The van der Waals surface area contributed by atoms with Crippen LogP contribution in [0.1, 0.15) is 28.4 Å². The third-order valence-electron chi connectivity index (χ3n) is 3.33. The average Bonchev–Trinajstić information content (AvgIpc) is 2.91. The molecule has 21 heavy (non-hydrogen) atoms. The Morgan fingerprint density at radius 2 is 2.05 bits per heavy atom.